The standard InChI is InChI=1S/C11H19NO/c1-5-6-7-11(3,4)10-9(2)8-13-12-10/h8H,5-7H2,1-4H3. The molecule has 13 heavy (non-hydrogen) atoms. The van der Waals surface area contributed by atoms with Gasteiger partial charge in [-0.25, -0.2) is 0 Å². The predicted molar refractivity (Wildman–Crippen MR) is 53.8 cm³/mol. The molecule has 1 aromatic heterocycles. The molecule has 1 rings (SSSR count). The first kappa shape index (κ1) is 10.3. The van der Waals surface area contributed by atoms with Crippen molar-refractivity contribution in [1.29, 1.82) is 0 Å². The Hall–Kier alpha value is -0.790. The predicted octanol–water partition coefficient (Wildman–Crippen LogP) is 3.45. The molecule has 0 aliphatic heterocycles. The Morgan fingerprint density at radius 3 is 2.62 bits per heavy atom. The Bertz CT molecular complexity index is 263. The van der Waals surface area contributed by atoms with E-state index in [9.17, 15) is 0 Å². The lowest BCUT2D eigenvalue weighted by Gasteiger charge is -2.22. The fourth-order valence-corrected chi connectivity index (χ4v) is 1.68. The number of hydrogen-bond donors (Lipinski definition) is 0. The maximum absolute atomic E-state index is 4.96. The maximum atomic E-state index is 4.96. The van der Waals surface area contributed by atoms with Crippen molar-refractivity contribution in [2.45, 2.75) is 52.4 Å². The van der Waals surface area contributed by atoms with Gasteiger partial charge in [0.25, 0.3) is 0 Å². The van der Waals surface area contributed by atoms with E-state index >= 15 is 0 Å². The fourth-order valence-electron chi connectivity index (χ4n) is 1.68. The molecular weight excluding hydrogens is 162 g/mol. The monoisotopic (exact) mass is 181 g/mol. The molecular formula is C11H19NO. The van der Waals surface area contributed by atoms with Crippen LogP contribution in [0.4, 0.5) is 0 Å². The molecule has 0 aliphatic rings. The van der Waals surface area contributed by atoms with E-state index in [1.807, 2.05) is 0 Å². The molecule has 0 atom stereocenters. The molecule has 0 aliphatic carbocycles. The van der Waals surface area contributed by atoms with Gasteiger partial charge in [0.15, 0.2) is 0 Å². The largest absolute Gasteiger partial charge is 0.364 e. The average Bonchev–Trinajstić information content (AvgIpc) is 2.48. The van der Waals surface area contributed by atoms with Crippen molar-refractivity contribution in [2.24, 2.45) is 0 Å². The molecule has 1 aromatic rings. The maximum Gasteiger partial charge on any atom is 0.127 e. The first-order chi connectivity index (χ1) is 6.08. The molecule has 0 fully saturated rings. The lowest BCUT2D eigenvalue weighted by molar-refractivity contribution is 0.371. The molecule has 0 N–H and O–H groups in total. The highest BCUT2D eigenvalue weighted by molar-refractivity contribution is 5.20. The lowest BCUT2D eigenvalue weighted by Crippen LogP contribution is -2.18. The summed E-state index contributed by atoms with van der Waals surface area (Å²) in [5.74, 6) is 0. The zero-order chi connectivity index (χ0) is 9.90. The normalized spacial score (nSPS) is 12.0. The second-order valence-corrected chi connectivity index (χ2v) is 4.33. The molecule has 0 saturated heterocycles. The fraction of sp³-hybridized carbons (Fsp3) is 0.727. The Morgan fingerprint density at radius 1 is 1.46 bits per heavy atom. The summed E-state index contributed by atoms with van der Waals surface area (Å²) in [6, 6.07) is 0. The number of aryl methyl sites for hydroxylation is 1. The second-order valence-electron chi connectivity index (χ2n) is 4.33. The van der Waals surface area contributed by atoms with Crippen LogP contribution in [0.5, 0.6) is 0 Å². The highest BCUT2D eigenvalue weighted by Crippen LogP contribution is 2.29. The van der Waals surface area contributed by atoms with Crippen molar-refractivity contribution < 1.29 is 4.52 Å². The highest BCUT2D eigenvalue weighted by atomic mass is 16.5. The van der Waals surface area contributed by atoms with Crippen molar-refractivity contribution >= 4 is 0 Å². The Kier molecular flexibility index (Phi) is 3.12. The van der Waals surface area contributed by atoms with Crippen LogP contribution in [0.15, 0.2) is 10.8 Å². The van der Waals surface area contributed by atoms with E-state index in [2.05, 4.69) is 32.9 Å². The molecule has 0 amide bonds. The van der Waals surface area contributed by atoms with Crippen molar-refractivity contribution in [3.8, 4) is 0 Å². The van der Waals surface area contributed by atoms with Crippen LogP contribution in [0.1, 0.15) is 51.3 Å². The molecule has 0 bridgehead atoms. The van der Waals surface area contributed by atoms with E-state index in [0.29, 0.717) is 0 Å². The van der Waals surface area contributed by atoms with E-state index < -0.39 is 0 Å². The highest BCUT2D eigenvalue weighted by Gasteiger charge is 2.24. The summed E-state index contributed by atoms with van der Waals surface area (Å²) in [5.41, 5.74) is 2.44. The van der Waals surface area contributed by atoms with Gasteiger partial charge in [-0.2, -0.15) is 0 Å². The van der Waals surface area contributed by atoms with Crippen LogP contribution in [-0.4, -0.2) is 5.16 Å². The van der Waals surface area contributed by atoms with Gasteiger partial charge in [0, 0.05) is 11.0 Å². The zero-order valence-corrected chi connectivity index (χ0v) is 9.05. The summed E-state index contributed by atoms with van der Waals surface area (Å²) in [5, 5.41) is 4.07. The molecule has 74 valence electrons. The van der Waals surface area contributed by atoms with E-state index in [1.54, 1.807) is 6.26 Å². The third-order valence-electron chi connectivity index (χ3n) is 2.54. The summed E-state index contributed by atoms with van der Waals surface area (Å²) < 4.78 is 4.96. The van der Waals surface area contributed by atoms with Gasteiger partial charge in [0.1, 0.15) is 6.26 Å². The zero-order valence-electron chi connectivity index (χ0n) is 9.05. The van der Waals surface area contributed by atoms with Crippen molar-refractivity contribution in [3.05, 3.63) is 17.5 Å². The third kappa shape index (κ3) is 2.33. The van der Waals surface area contributed by atoms with Crippen molar-refractivity contribution in [3.63, 3.8) is 0 Å². The van der Waals surface area contributed by atoms with Gasteiger partial charge in [-0.15, -0.1) is 0 Å². The number of unbranched alkanes of at least 4 members (excludes halogenated alkanes) is 1. The molecule has 1 heterocycles. The van der Waals surface area contributed by atoms with Crippen LogP contribution in [0.2, 0.25) is 0 Å². The minimum Gasteiger partial charge on any atom is -0.364 e. The van der Waals surface area contributed by atoms with Gasteiger partial charge in [0.2, 0.25) is 0 Å². The summed E-state index contributed by atoms with van der Waals surface area (Å²) in [6.07, 6.45) is 5.39. The van der Waals surface area contributed by atoms with Crippen LogP contribution in [0.3, 0.4) is 0 Å². The van der Waals surface area contributed by atoms with E-state index in [-0.39, 0.29) is 5.41 Å². The van der Waals surface area contributed by atoms with Gasteiger partial charge in [-0.1, -0.05) is 38.8 Å². The first-order valence-corrected chi connectivity index (χ1v) is 4.99. The lowest BCUT2D eigenvalue weighted by atomic mass is 9.82. The van der Waals surface area contributed by atoms with Gasteiger partial charge < -0.3 is 4.52 Å². The van der Waals surface area contributed by atoms with Gasteiger partial charge in [0.05, 0.1) is 5.69 Å². The molecule has 0 aromatic carbocycles. The second kappa shape index (κ2) is 3.95. The number of hydrogen-bond acceptors (Lipinski definition) is 2. The first-order valence-electron chi connectivity index (χ1n) is 4.99. The number of aromatic nitrogens is 1. The van der Waals surface area contributed by atoms with Crippen LogP contribution < -0.4 is 0 Å². The minimum absolute atomic E-state index is 0.160. The van der Waals surface area contributed by atoms with E-state index in [1.165, 1.54) is 24.8 Å². The molecule has 0 unspecified atom stereocenters. The topological polar surface area (TPSA) is 26.0 Å². The number of nitrogens with zero attached hydrogens (tertiary/aromatic N) is 1. The Morgan fingerprint density at radius 2 is 2.15 bits per heavy atom. The number of rotatable bonds is 4. The minimum atomic E-state index is 0.160. The molecule has 0 spiro atoms. The third-order valence-corrected chi connectivity index (χ3v) is 2.54. The summed E-state index contributed by atoms with van der Waals surface area (Å²) >= 11 is 0. The summed E-state index contributed by atoms with van der Waals surface area (Å²) in [6.45, 7) is 8.73. The Balaban J connectivity index is 2.74. The van der Waals surface area contributed by atoms with Crippen LogP contribution >= 0.6 is 0 Å². The SMILES string of the molecule is CCCCC(C)(C)c1nocc1C. The van der Waals surface area contributed by atoms with Crippen LogP contribution in [-0.2, 0) is 5.41 Å². The van der Waals surface area contributed by atoms with E-state index in [4.69, 9.17) is 4.52 Å². The van der Waals surface area contributed by atoms with Crippen molar-refractivity contribution in [2.75, 3.05) is 0 Å². The molecule has 0 saturated carbocycles. The summed E-state index contributed by atoms with van der Waals surface area (Å²) in [4.78, 5) is 0. The van der Waals surface area contributed by atoms with Crippen molar-refractivity contribution in [1.82, 2.24) is 5.16 Å². The van der Waals surface area contributed by atoms with E-state index in [0.717, 1.165) is 5.69 Å². The molecule has 0 radical (unpaired) electrons. The average molecular weight is 181 g/mol. The van der Waals surface area contributed by atoms with Gasteiger partial charge >= 0.3 is 0 Å². The summed E-state index contributed by atoms with van der Waals surface area (Å²) in [7, 11) is 0. The van der Waals surface area contributed by atoms with Gasteiger partial charge in [-0.05, 0) is 13.3 Å². The van der Waals surface area contributed by atoms with Crippen LogP contribution in [0.25, 0.3) is 0 Å². The van der Waals surface area contributed by atoms with Crippen LogP contribution in [0, 0.1) is 6.92 Å². The smallest absolute Gasteiger partial charge is 0.127 e. The van der Waals surface area contributed by atoms with Gasteiger partial charge in [-0.3, -0.25) is 0 Å². The molecule has 2 heteroatoms. The molecule has 2 nitrogen and oxygen atoms in total. The quantitative estimate of drug-likeness (QED) is 0.711. The Labute approximate surface area is 80.3 Å².